The van der Waals surface area contributed by atoms with Gasteiger partial charge in [0.15, 0.2) is 0 Å². The maximum Gasteiger partial charge on any atom is 0.255 e. The minimum atomic E-state index is -0.563. The van der Waals surface area contributed by atoms with Crippen molar-refractivity contribution in [1.82, 2.24) is 15.1 Å². The Hall–Kier alpha value is -2.25. The number of carbonyl (C=O) groups is 3. The monoisotopic (exact) mass is 368 g/mol. The van der Waals surface area contributed by atoms with Crippen molar-refractivity contribution >= 4 is 17.7 Å². The maximum absolute atomic E-state index is 13.2. The molecule has 0 radical (unpaired) electrons. The average molecular weight is 368 g/mol. The van der Waals surface area contributed by atoms with Crippen molar-refractivity contribution < 1.29 is 14.4 Å². The van der Waals surface area contributed by atoms with Crippen LogP contribution in [0.3, 0.4) is 0 Å². The van der Waals surface area contributed by atoms with Crippen molar-refractivity contribution in [1.29, 1.82) is 0 Å². The van der Waals surface area contributed by atoms with Crippen LogP contribution >= 0.6 is 0 Å². The van der Waals surface area contributed by atoms with E-state index in [-0.39, 0.29) is 24.1 Å². The molecule has 1 aromatic rings. The Labute approximate surface area is 157 Å². The van der Waals surface area contributed by atoms with E-state index in [1.807, 2.05) is 18.2 Å². The summed E-state index contributed by atoms with van der Waals surface area (Å²) in [6.07, 6.45) is 1.95. The minimum absolute atomic E-state index is 0.0937. The second kappa shape index (κ2) is 6.14. The van der Waals surface area contributed by atoms with Crippen LogP contribution in [-0.4, -0.2) is 52.7 Å². The van der Waals surface area contributed by atoms with E-state index in [0.29, 0.717) is 25.6 Å². The lowest BCUT2D eigenvalue weighted by Gasteiger charge is -2.29. The first-order chi connectivity index (χ1) is 13.1. The molecule has 3 fully saturated rings. The zero-order valence-corrected chi connectivity index (χ0v) is 15.2. The maximum atomic E-state index is 13.2. The van der Waals surface area contributed by atoms with Crippen LogP contribution in [0.1, 0.15) is 40.7 Å². The summed E-state index contributed by atoms with van der Waals surface area (Å²) < 4.78 is 0. The molecule has 1 aromatic carbocycles. The first-order valence-corrected chi connectivity index (χ1v) is 9.76. The Morgan fingerprint density at radius 3 is 2.85 bits per heavy atom. The standard InChI is InChI=1S/C20H24N4O3/c21-7-16-14-6-13(14)9-23(16)8-11-2-1-3-12-10-24(20(27)18(11)12)15-4-5-17(25)22-19(15)26/h1-3,13-16H,4-10,21H2,(H,22,25,26)/t13-,14-,15?,16+/m0/s1. The highest BCUT2D eigenvalue weighted by Gasteiger charge is 2.51. The number of benzene rings is 1. The van der Waals surface area contributed by atoms with Gasteiger partial charge in [-0.15, -0.1) is 0 Å². The largest absolute Gasteiger partial charge is 0.329 e. The Bertz CT molecular complexity index is 839. The number of nitrogens with zero attached hydrogens (tertiary/aromatic N) is 2. The molecule has 5 rings (SSSR count). The molecule has 1 aliphatic carbocycles. The number of hydrogen-bond donors (Lipinski definition) is 2. The van der Waals surface area contributed by atoms with Gasteiger partial charge < -0.3 is 10.6 Å². The van der Waals surface area contributed by atoms with Gasteiger partial charge in [0, 0.05) is 44.2 Å². The van der Waals surface area contributed by atoms with E-state index in [0.717, 1.165) is 41.6 Å². The molecule has 3 aliphatic heterocycles. The molecule has 142 valence electrons. The van der Waals surface area contributed by atoms with Gasteiger partial charge in [-0.2, -0.15) is 0 Å². The fourth-order valence-electron chi connectivity index (χ4n) is 5.21. The summed E-state index contributed by atoms with van der Waals surface area (Å²) in [6, 6.07) is 5.82. The third kappa shape index (κ3) is 2.68. The fraction of sp³-hybridized carbons (Fsp3) is 0.550. The van der Waals surface area contributed by atoms with Gasteiger partial charge in [-0.05, 0) is 35.8 Å². The smallest absolute Gasteiger partial charge is 0.255 e. The second-order valence-corrected chi connectivity index (χ2v) is 8.24. The number of likely N-dealkylation sites (tertiary alicyclic amines) is 1. The average Bonchev–Trinajstić information content (AvgIpc) is 3.19. The lowest BCUT2D eigenvalue weighted by molar-refractivity contribution is -0.136. The quantitative estimate of drug-likeness (QED) is 0.742. The second-order valence-electron chi connectivity index (χ2n) is 8.24. The Morgan fingerprint density at radius 2 is 2.07 bits per heavy atom. The molecule has 0 aromatic heterocycles. The SMILES string of the molecule is NC[C@@H]1[C@H]2C[C@H]2CN1Cc1cccc2c1C(=O)N(C1CCC(=O)NC1=O)C2. The molecule has 27 heavy (non-hydrogen) atoms. The molecular weight excluding hydrogens is 344 g/mol. The van der Waals surface area contributed by atoms with Crippen LogP contribution in [0.15, 0.2) is 18.2 Å². The Balaban J connectivity index is 1.38. The van der Waals surface area contributed by atoms with Crippen LogP contribution in [0.4, 0.5) is 0 Å². The van der Waals surface area contributed by atoms with Gasteiger partial charge >= 0.3 is 0 Å². The summed E-state index contributed by atoms with van der Waals surface area (Å²) in [6.45, 7) is 2.88. The van der Waals surface area contributed by atoms with E-state index in [9.17, 15) is 14.4 Å². The molecule has 1 unspecified atom stereocenters. The highest BCUT2D eigenvalue weighted by atomic mass is 16.2. The lowest BCUT2D eigenvalue weighted by atomic mass is 10.0. The molecule has 2 saturated heterocycles. The van der Waals surface area contributed by atoms with Crippen molar-refractivity contribution in [3.63, 3.8) is 0 Å². The lowest BCUT2D eigenvalue weighted by Crippen LogP contribution is -2.52. The Kier molecular flexibility index (Phi) is 3.84. The van der Waals surface area contributed by atoms with E-state index in [4.69, 9.17) is 5.73 Å². The van der Waals surface area contributed by atoms with Crippen molar-refractivity contribution in [3.8, 4) is 0 Å². The van der Waals surface area contributed by atoms with Crippen molar-refractivity contribution in [2.24, 2.45) is 17.6 Å². The number of hydrogen-bond acceptors (Lipinski definition) is 5. The van der Waals surface area contributed by atoms with Gasteiger partial charge in [0.25, 0.3) is 5.91 Å². The molecule has 7 heteroatoms. The van der Waals surface area contributed by atoms with E-state index in [1.165, 1.54) is 6.42 Å². The number of fused-ring (bicyclic) bond motifs is 2. The van der Waals surface area contributed by atoms with Crippen molar-refractivity contribution in [2.75, 3.05) is 13.1 Å². The molecule has 1 saturated carbocycles. The van der Waals surface area contributed by atoms with E-state index in [1.54, 1.807) is 4.90 Å². The number of carbonyl (C=O) groups excluding carboxylic acids is 3. The first kappa shape index (κ1) is 16.9. The molecule has 0 spiro atoms. The van der Waals surface area contributed by atoms with Crippen LogP contribution in [0, 0.1) is 11.8 Å². The summed E-state index contributed by atoms with van der Waals surface area (Å²) in [5.41, 5.74) is 8.72. The highest BCUT2D eigenvalue weighted by molar-refractivity contribution is 6.05. The zero-order chi connectivity index (χ0) is 18.7. The van der Waals surface area contributed by atoms with Crippen LogP contribution < -0.4 is 11.1 Å². The summed E-state index contributed by atoms with van der Waals surface area (Å²) in [5, 5.41) is 2.36. The van der Waals surface area contributed by atoms with Gasteiger partial charge in [0.05, 0.1) is 0 Å². The van der Waals surface area contributed by atoms with Crippen LogP contribution in [0.25, 0.3) is 0 Å². The number of rotatable bonds is 4. The van der Waals surface area contributed by atoms with Crippen molar-refractivity contribution in [3.05, 3.63) is 34.9 Å². The molecule has 3 amide bonds. The highest BCUT2D eigenvalue weighted by Crippen LogP contribution is 2.49. The predicted octanol–water partition coefficient (Wildman–Crippen LogP) is 0.227. The molecule has 4 atom stereocenters. The van der Waals surface area contributed by atoms with Crippen LogP contribution in [0.5, 0.6) is 0 Å². The number of nitrogens with one attached hydrogen (secondary N) is 1. The summed E-state index contributed by atoms with van der Waals surface area (Å²) in [4.78, 5) is 40.8. The number of imide groups is 1. The molecule has 3 N–H and O–H groups in total. The van der Waals surface area contributed by atoms with Crippen molar-refractivity contribution in [2.45, 2.75) is 44.4 Å². The third-order valence-electron chi connectivity index (χ3n) is 6.66. The normalized spacial score (nSPS) is 32.5. The predicted molar refractivity (Wildman–Crippen MR) is 97.3 cm³/mol. The zero-order valence-electron chi connectivity index (χ0n) is 15.2. The molecule has 7 nitrogen and oxygen atoms in total. The van der Waals surface area contributed by atoms with Gasteiger partial charge in [0.2, 0.25) is 11.8 Å². The third-order valence-corrected chi connectivity index (χ3v) is 6.66. The molecular formula is C20H24N4O3. The van der Waals surface area contributed by atoms with Gasteiger partial charge in [-0.25, -0.2) is 0 Å². The van der Waals surface area contributed by atoms with Gasteiger partial charge in [-0.1, -0.05) is 18.2 Å². The number of nitrogens with two attached hydrogens (primary N) is 1. The number of piperidine rings is 2. The Morgan fingerprint density at radius 1 is 1.22 bits per heavy atom. The first-order valence-electron chi connectivity index (χ1n) is 9.76. The van der Waals surface area contributed by atoms with Gasteiger partial charge in [-0.3, -0.25) is 24.6 Å². The molecule has 4 aliphatic rings. The summed E-state index contributed by atoms with van der Waals surface area (Å²) in [7, 11) is 0. The molecule has 0 bridgehead atoms. The van der Waals surface area contributed by atoms with E-state index < -0.39 is 6.04 Å². The number of amides is 3. The van der Waals surface area contributed by atoms with E-state index in [2.05, 4.69) is 10.2 Å². The summed E-state index contributed by atoms with van der Waals surface area (Å²) in [5.74, 6) is 0.774. The summed E-state index contributed by atoms with van der Waals surface area (Å²) >= 11 is 0. The minimum Gasteiger partial charge on any atom is -0.329 e. The topological polar surface area (TPSA) is 95.7 Å². The molecule has 3 heterocycles. The van der Waals surface area contributed by atoms with E-state index >= 15 is 0 Å². The van der Waals surface area contributed by atoms with Gasteiger partial charge in [0.1, 0.15) is 6.04 Å². The fourth-order valence-corrected chi connectivity index (χ4v) is 5.21. The van der Waals surface area contributed by atoms with Crippen LogP contribution in [0.2, 0.25) is 0 Å². The van der Waals surface area contributed by atoms with Crippen LogP contribution in [-0.2, 0) is 22.7 Å².